The van der Waals surface area contributed by atoms with E-state index in [0.29, 0.717) is 6.42 Å². The number of oxime groups is 1. The minimum absolute atomic E-state index is 0.0272. The topological polar surface area (TPSA) is 58.9 Å². The number of halogens is 1. The summed E-state index contributed by atoms with van der Waals surface area (Å²) in [6.07, 6.45) is 1.16. The molecule has 0 aromatic carbocycles. The summed E-state index contributed by atoms with van der Waals surface area (Å²) in [4.78, 5) is 10.6. The number of nitrogens with zero attached hydrogens (tertiary/aromatic N) is 1. The van der Waals surface area contributed by atoms with E-state index in [1.165, 1.54) is 0 Å². The van der Waals surface area contributed by atoms with Crippen molar-refractivity contribution in [1.29, 1.82) is 0 Å². The Morgan fingerprint density at radius 2 is 2.40 bits per heavy atom. The molecule has 0 radical (unpaired) electrons. The van der Waals surface area contributed by atoms with Gasteiger partial charge in [-0.1, -0.05) is 18.5 Å². The Bertz CT molecular complexity index is 146. The van der Waals surface area contributed by atoms with Crippen LogP contribution in [0.4, 0.5) is 0 Å². The van der Waals surface area contributed by atoms with E-state index in [4.69, 9.17) is 5.21 Å². The standard InChI is InChI=1S/C5H8BrNO3/c1-2-3-4(7-9)5(8)10-6/h9H,2-3H2,1H3. The van der Waals surface area contributed by atoms with E-state index in [-0.39, 0.29) is 5.71 Å². The van der Waals surface area contributed by atoms with Gasteiger partial charge in [-0.2, -0.15) is 0 Å². The number of carbonyl (C=O) groups is 1. The number of hydrogen-bond acceptors (Lipinski definition) is 4. The average molecular weight is 210 g/mol. The first-order chi connectivity index (χ1) is 4.76. The molecule has 0 aromatic heterocycles. The van der Waals surface area contributed by atoms with E-state index < -0.39 is 5.97 Å². The summed E-state index contributed by atoms with van der Waals surface area (Å²) in [5.41, 5.74) is 0.0272. The Balaban J connectivity index is 3.95. The minimum atomic E-state index is -0.649. The van der Waals surface area contributed by atoms with Gasteiger partial charge in [0.1, 0.15) is 0 Å². The Morgan fingerprint density at radius 3 is 2.70 bits per heavy atom. The van der Waals surface area contributed by atoms with Crippen molar-refractivity contribution in [3.8, 4) is 0 Å². The number of rotatable bonds is 3. The molecule has 0 aliphatic rings. The van der Waals surface area contributed by atoms with Crippen LogP contribution in [-0.4, -0.2) is 16.9 Å². The summed E-state index contributed by atoms with van der Waals surface area (Å²) in [6, 6.07) is 0. The molecule has 0 saturated heterocycles. The van der Waals surface area contributed by atoms with Gasteiger partial charge in [-0.15, -0.1) is 0 Å². The third kappa shape index (κ3) is 2.82. The highest BCUT2D eigenvalue weighted by molar-refractivity contribution is 9.06. The maximum Gasteiger partial charge on any atom is 0.367 e. The van der Waals surface area contributed by atoms with Gasteiger partial charge in [0.15, 0.2) is 22.0 Å². The number of carbonyl (C=O) groups excluding carboxylic acids is 1. The van der Waals surface area contributed by atoms with E-state index in [2.05, 4.69) is 25.2 Å². The smallest absolute Gasteiger partial charge is 0.367 e. The van der Waals surface area contributed by atoms with E-state index in [0.717, 1.165) is 6.42 Å². The molecule has 0 aliphatic carbocycles. The average Bonchev–Trinajstić information content (AvgIpc) is 1.99. The second-order valence-corrected chi connectivity index (χ2v) is 1.99. The van der Waals surface area contributed by atoms with Crippen molar-refractivity contribution in [2.75, 3.05) is 0 Å². The van der Waals surface area contributed by atoms with Gasteiger partial charge in [-0.3, -0.25) is 0 Å². The van der Waals surface area contributed by atoms with Gasteiger partial charge in [0.2, 0.25) is 0 Å². The van der Waals surface area contributed by atoms with Crippen molar-refractivity contribution >= 4 is 27.9 Å². The predicted octanol–water partition coefficient (Wildman–Crippen LogP) is 1.47. The molecule has 10 heavy (non-hydrogen) atoms. The predicted molar refractivity (Wildman–Crippen MR) is 39.1 cm³/mol. The van der Waals surface area contributed by atoms with Crippen molar-refractivity contribution in [3.05, 3.63) is 0 Å². The maximum atomic E-state index is 10.6. The Hall–Kier alpha value is -0.580. The monoisotopic (exact) mass is 209 g/mol. The van der Waals surface area contributed by atoms with Crippen LogP contribution in [-0.2, 0) is 8.62 Å². The fourth-order valence-electron chi connectivity index (χ4n) is 0.474. The van der Waals surface area contributed by atoms with Crippen molar-refractivity contribution in [1.82, 2.24) is 0 Å². The molecule has 0 amide bonds. The summed E-state index contributed by atoms with van der Waals surface area (Å²) in [5.74, 6) is -0.649. The van der Waals surface area contributed by atoms with Gasteiger partial charge in [-0.05, 0) is 0 Å². The van der Waals surface area contributed by atoms with Crippen LogP contribution in [0.1, 0.15) is 19.8 Å². The molecule has 0 atom stereocenters. The van der Waals surface area contributed by atoms with Crippen LogP contribution in [0.5, 0.6) is 0 Å². The minimum Gasteiger partial charge on any atom is -0.410 e. The molecule has 0 aliphatic heterocycles. The molecule has 0 saturated carbocycles. The van der Waals surface area contributed by atoms with Crippen LogP contribution < -0.4 is 0 Å². The van der Waals surface area contributed by atoms with Gasteiger partial charge in [0.25, 0.3) is 0 Å². The molecule has 0 fully saturated rings. The first kappa shape index (κ1) is 9.42. The lowest BCUT2D eigenvalue weighted by Gasteiger charge is -1.95. The van der Waals surface area contributed by atoms with Crippen LogP contribution in [0.3, 0.4) is 0 Å². The summed E-state index contributed by atoms with van der Waals surface area (Å²) in [5, 5.41) is 11.0. The van der Waals surface area contributed by atoms with Gasteiger partial charge >= 0.3 is 5.97 Å². The summed E-state index contributed by atoms with van der Waals surface area (Å²) in [6.45, 7) is 1.87. The summed E-state index contributed by atoms with van der Waals surface area (Å²) < 4.78 is 4.14. The van der Waals surface area contributed by atoms with E-state index in [1.807, 2.05) is 6.92 Å². The summed E-state index contributed by atoms with van der Waals surface area (Å²) in [7, 11) is 0. The van der Waals surface area contributed by atoms with Crippen molar-refractivity contribution in [3.63, 3.8) is 0 Å². The highest BCUT2D eigenvalue weighted by atomic mass is 79.9. The molecule has 0 spiro atoms. The summed E-state index contributed by atoms with van der Waals surface area (Å²) >= 11 is 2.48. The zero-order valence-corrected chi connectivity index (χ0v) is 7.09. The first-order valence-electron chi connectivity index (χ1n) is 2.80. The highest BCUT2D eigenvalue weighted by Gasteiger charge is 2.10. The lowest BCUT2D eigenvalue weighted by Crippen LogP contribution is -2.13. The van der Waals surface area contributed by atoms with Gasteiger partial charge in [-0.25, -0.2) is 4.79 Å². The molecule has 5 heteroatoms. The molecule has 1 N–H and O–H groups in total. The molecule has 0 heterocycles. The van der Waals surface area contributed by atoms with Crippen molar-refractivity contribution in [2.45, 2.75) is 19.8 Å². The first-order valence-corrected chi connectivity index (χ1v) is 3.44. The van der Waals surface area contributed by atoms with Crippen LogP contribution >= 0.6 is 16.3 Å². The van der Waals surface area contributed by atoms with Gasteiger partial charge in [0, 0.05) is 6.42 Å². The van der Waals surface area contributed by atoms with Gasteiger partial charge in [0.05, 0.1) is 0 Å². The van der Waals surface area contributed by atoms with E-state index in [1.54, 1.807) is 0 Å². The molecule has 0 aromatic rings. The molecular weight excluding hydrogens is 202 g/mol. The van der Waals surface area contributed by atoms with Crippen LogP contribution in [0, 0.1) is 0 Å². The lowest BCUT2D eigenvalue weighted by atomic mass is 10.2. The van der Waals surface area contributed by atoms with E-state index >= 15 is 0 Å². The normalized spacial score (nSPS) is 11.2. The highest BCUT2D eigenvalue weighted by Crippen LogP contribution is 1.97. The SMILES string of the molecule is CCCC(=NO)C(=O)OBr. The van der Waals surface area contributed by atoms with E-state index in [9.17, 15) is 4.79 Å². The third-order valence-electron chi connectivity index (χ3n) is 0.913. The molecule has 0 unspecified atom stereocenters. The Labute approximate surface area is 67.3 Å². The zero-order chi connectivity index (χ0) is 7.98. The second-order valence-electron chi connectivity index (χ2n) is 1.66. The van der Waals surface area contributed by atoms with Crippen molar-refractivity contribution < 1.29 is 13.8 Å². The molecule has 0 bridgehead atoms. The number of hydrogen-bond donors (Lipinski definition) is 1. The second kappa shape index (κ2) is 5.22. The van der Waals surface area contributed by atoms with Gasteiger partial charge < -0.3 is 9.04 Å². The molecule has 4 nitrogen and oxygen atoms in total. The van der Waals surface area contributed by atoms with Crippen molar-refractivity contribution in [2.24, 2.45) is 5.16 Å². The quantitative estimate of drug-likeness (QED) is 0.435. The fraction of sp³-hybridized carbons (Fsp3) is 0.600. The van der Waals surface area contributed by atoms with Crippen LogP contribution in [0.15, 0.2) is 5.16 Å². The Kier molecular flexibility index (Phi) is 4.92. The Morgan fingerprint density at radius 1 is 1.80 bits per heavy atom. The molecular formula is C5H8BrNO3. The largest absolute Gasteiger partial charge is 0.410 e. The van der Waals surface area contributed by atoms with Crippen LogP contribution in [0.2, 0.25) is 0 Å². The lowest BCUT2D eigenvalue weighted by molar-refractivity contribution is -0.125. The molecule has 58 valence electrons. The fourth-order valence-corrected chi connectivity index (χ4v) is 0.661. The van der Waals surface area contributed by atoms with Crippen LogP contribution in [0.25, 0.3) is 0 Å². The zero-order valence-electron chi connectivity index (χ0n) is 5.50. The maximum absolute atomic E-state index is 10.6. The molecule has 0 rings (SSSR count). The third-order valence-corrected chi connectivity index (χ3v) is 1.21.